The van der Waals surface area contributed by atoms with Crippen LogP contribution >= 0.6 is 11.8 Å². The summed E-state index contributed by atoms with van der Waals surface area (Å²) in [5.41, 5.74) is 0.338. The third-order valence-electron chi connectivity index (χ3n) is 1.96. The van der Waals surface area contributed by atoms with Gasteiger partial charge >= 0.3 is 0 Å². The summed E-state index contributed by atoms with van der Waals surface area (Å²) in [7, 11) is 0. The minimum absolute atomic E-state index is 0.347. The SMILES string of the molecule is CC(C)(C=O)CSc1ccccc1C=O. The second-order valence-corrected chi connectivity index (χ2v) is 5.07. The number of hydrogen-bond donors (Lipinski definition) is 0. The average Bonchev–Trinajstić information content (AvgIpc) is 2.27. The van der Waals surface area contributed by atoms with Crippen molar-refractivity contribution in [1.82, 2.24) is 0 Å². The third kappa shape index (κ3) is 3.51. The van der Waals surface area contributed by atoms with Gasteiger partial charge in [-0.1, -0.05) is 32.0 Å². The highest BCUT2D eigenvalue weighted by molar-refractivity contribution is 7.99. The number of aldehydes is 2. The Hall–Kier alpha value is -1.09. The van der Waals surface area contributed by atoms with E-state index in [1.165, 1.54) is 0 Å². The topological polar surface area (TPSA) is 34.1 Å². The predicted octanol–water partition coefficient (Wildman–Crippen LogP) is 2.82. The molecule has 0 radical (unpaired) electrons. The highest BCUT2D eigenvalue weighted by Crippen LogP contribution is 2.27. The largest absolute Gasteiger partial charge is 0.303 e. The normalized spacial score (nSPS) is 11.1. The summed E-state index contributed by atoms with van der Waals surface area (Å²) in [5.74, 6) is 0.682. The van der Waals surface area contributed by atoms with Crippen LogP contribution in [-0.2, 0) is 4.79 Å². The summed E-state index contributed by atoms with van der Waals surface area (Å²) >= 11 is 1.54. The summed E-state index contributed by atoms with van der Waals surface area (Å²) in [6.45, 7) is 3.77. The molecule has 0 fully saturated rings. The van der Waals surface area contributed by atoms with Crippen molar-refractivity contribution >= 4 is 24.3 Å². The van der Waals surface area contributed by atoms with E-state index < -0.39 is 0 Å². The van der Waals surface area contributed by atoms with E-state index in [-0.39, 0.29) is 5.41 Å². The van der Waals surface area contributed by atoms with Crippen molar-refractivity contribution in [3.05, 3.63) is 29.8 Å². The van der Waals surface area contributed by atoms with E-state index >= 15 is 0 Å². The fourth-order valence-electron chi connectivity index (χ4n) is 1.01. The molecule has 0 heterocycles. The lowest BCUT2D eigenvalue weighted by Crippen LogP contribution is -2.16. The minimum atomic E-state index is -0.347. The van der Waals surface area contributed by atoms with Crippen LogP contribution in [0, 0.1) is 5.41 Å². The summed E-state index contributed by atoms with van der Waals surface area (Å²) in [4.78, 5) is 22.4. The zero-order chi connectivity index (χ0) is 11.3. The smallest absolute Gasteiger partial charge is 0.151 e. The van der Waals surface area contributed by atoms with Gasteiger partial charge in [0, 0.05) is 21.6 Å². The lowest BCUT2D eigenvalue weighted by molar-refractivity contribution is -0.113. The zero-order valence-corrected chi connectivity index (χ0v) is 9.71. The van der Waals surface area contributed by atoms with Gasteiger partial charge in [-0.05, 0) is 6.07 Å². The Kier molecular flexibility index (Phi) is 4.09. The van der Waals surface area contributed by atoms with Gasteiger partial charge in [0.15, 0.2) is 6.29 Å². The molecule has 0 atom stereocenters. The highest BCUT2D eigenvalue weighted by Gasteiger charge is 2.17. The first-order valence-corrected chi connectivity index (χ1v) is 5.71. The molecule has 2 nitrogen and oxygen atoms in total. The molecule has 3 heteroatoms. The van der Waals surface area contributed by atoms with Crippen molar-refractivity contribution in [1.29, 1.82) is 0 Å². The van der Waals surface area contributed by atoms with Crippen LogP contribution in [0.4, 0.5) is 0 Å². The molecule has 0 saturated carbocycles. The number of rotatable bonds is 5. The Morgan fingerprint density at radius 1 is 1.27 bits per heavy atom. The minimum Gasteiger partial charge on any atom is -0.303 e. The molecule has 1 rings (SSSR count). The predicted molar refractivity (Wildman–Crippen MR) is 62.4 cm³/mol. The molecule has 15 heavy (non-hydrogen) atoms. The molecule has 0 aliphatic heterocycles. The van der Waals surface area contributed by atoms with Gasteiger partial charge in [-0.25, -0.2) is 0 Å². The van der Waals surface area contributed by atoms with Crippen LogP contribution < -0.4 is 0 Å². The molecule has 0 aliphatic carbocycles. The molecule has 0 aliphatic rings. The first-order valence-electron chi connectivity index (χ1n) is 4.72. The summed E-state index contributed by atoms with van der Waals surface area (Å²) in [6.07, 6.45) is 1.79. The fourth-order valence-corrected chi connectivity index (χ4v) is 2.06. The van der Waals surface area contributed by atoms with Crippen LogP contribution in [0.15, 0.2) is 29.2 Å². The second-order valence-electron chi connectivity index (χ2n) is 4.05. The van der Waals surface area contributed by atoms with Gasteiger partial charge in [-0.3, -0.25) is 4.79 Å². The Morgan fingerprint density at radius 3 is 2.53 bits per heavy atom. The monoisotopic (exact) mass is 222 g/mol. The molecule has 0 spiro atoms. The number of carbonyl (C=O) groups excluding carboxylic acids is 2. The van der Waals surface area contributed by atoms with Crippen molar-refractivity contribution in [3.63, 3.8) is 0 Å². The molecule has 1 aromatic carbocycles. The van der Waals surface area contributed by atoms with E-state index in [0.717, 1.165) is 17.5 Å². The van der Waals surface area contributed by atoms with Crippen molar-refractivity contribution in [2.45, 2.75) is 18.7 Å². The van der Waals surface area contributed by atoms with Crippen LogP contribution in [-0.4, -0.2) is 18.3 Å². The summed E-state index contributed by atoms with van der Waals surface area (Å²) in [6, 6.07) is 7.40. The second kappa shape index (κ2) is 5.12. The standard InChI is InChI=1S/C12H14O2S/c1-12(2,8-14)9-15-11-6-4-3-5-10(11)7-13/h3-8H,9H2,1-2H3. The number of carbonyl (C=O) groups is 2. The van der Waals surface area contributed by atoms with Crippen LogP contribution in [0.1, 0.15) is 24.2 Å². The van der Waals surface area contributed by atoms with Crippen LogP contribution in [0.25, 0.3) is 0 Å². The van der Waals surface area contributed by atoms with E-state index in [9.17, 15) is 9.59 Å². The van der Waals surface area contributed by atoms with Crippen molar-refractivity contribution in [2.75, 3.05) is 5.75 Å². The molecular formula is C12H14O2S. The Labute approximate surface area is 94.1 Å². The maximum atomic E-state index is 10.7. The summed E-state index contributed by atoms with van der Waals surface area (Å²) in [5, 5.41) is 0. The molecule has 0 N–H and O–H groups in total. The molecule has 1 aromatic rings. The molecule has 80 valence electrons. The Bertz CT molecular complexity index is 358. The molecule has 0 bridgehead atoms. The van der Waals surface area contributed by atoms with Crippen LogP contribution in [0.5, 0.6) is 0 Å². The average molecular weight is 222 g/mol. The van der Waals surface area contributed by atoms with E-state index in [1.54, 1.807) is 17.8 Å². The van der Waals surface area contributed by atoms with Gasteiger partial charge in [0.05, 0.1) is 0 Å². The maximum Gasteiger partial charge on any atom is 0.151 e. The molecule has 0 amide bonds. The molecular weight excluding hydrogens is 208 g/mol. The van der Waals surface area contributed by atoms with Gasteiger partial charge in [-0.15, -0.1) is 11.8 Å². The lowest BCUT2D eigenvalue weighted by Gasteiger charge is -2.16. The quantitative estimate of drug-likeness (QED) is 0.567. The van der Waals surface area contributed by atoms with Crippen molar-refractivity contribution in [2.24, 2.45) is 5.41 Å². The van der Waals surface area contributed by atoms with E-state index in [2.05, 4.69) is 0 Å². The molecule has 0 aromatic heterocycles. The van der Waals surface area contributed by atoms with Crippen LogP contribution in [0.3, 0.4) is 0 Å². The first-order chi connectivity index (χ1) is 7.09. The maximum absolute atomic E-state index is 10.7. The van der Waals surface area contributed by atoms with Gasteiger partial charge in [0.1, 0.15) is 6.29 Å². The van der Waals surface area contributed by atoms with E-state index in [1.807, 2.05) is 32.0 Å². The number of thioether (sulfide) groups is 1. The van der Waals surface area contributed by atoms with Crippen molar-refractivity contribution in [3.8, 4) is 0 Å². The van der Waals surface area contributed by atoms with Gasteiger partial charge in [0.25, 0.3) is 0 Å². The molecule has 0 unspecified atom stereocenters. The highest BCUT2D eigenvalue weighted by atomic mass is 32.2. The Morgan fingerprint density at radius 2 is 1.93 bits per heavy atom. The van der Waals surface area contributed by atoms with Crippen LogP contribution in [0.2, 0.25) is 0 Å². The first kappa shape index (κ1) is 12.0. The number of benzene rings is 1. The van der Waals surface area contributed by atoms with E-state index in [4.69, 9.17) is 0 Å². The van der Waals surface area contributed by atoms with E-state index in [0.29, 0.717) is 11.3 Å². The summed E-state index contributed by atoms with van der Waals surface area (Å²) < 4.78 is 0. The van der Waals surface area contributed by atoms with Gasteiger partial charge < -0.3 is 4.79 Å². The van der Waals surface area contributed by atoms with Gasteiger partial charge in [-0.2, -0.15) is 0 Å². The Balaban J connectivity index is 2.73. The fraction of sp³-hybridized carbons (Fsp3) is 0.333. The zero-order valence-electron chi connectivity index (χ0n) is 8.90. The number of hydrogen-bond acceptors (Lipinski definition) is 3. The van der Waals surface area contributed by atoms with Crippen molar-refractivity contribution < 1.29 is 9.59 Å². The lowest BCUT2D eigenvalue weighted by atomic mass is 10.00. The molecule has 0 saturated heterocycles. The van der Waals surface area contributed by atoms with Gasteiger partial charge in [0.2, 0.25) is 0 Å². The third-order valence-corrected chi connectivity index (χ3v) is 3.54.